The summed E-state index contributed by atoms with van der Waals surface area (Å²) in [5.74, 6) is 1.29. The van der Waals surface area contributed by atoms with Gasteiger partial charge in [-0.25, -0.2) is 0 Å². The van der Waals surface area contributed by atoms with E-state index < -0.39 is 0 Å². The fraction of sp³-hybridized carbons (Fsp3) is 0.655. The van der Waals surface area contributed by atoms with Gasteiger partial charge in [-0.1, -0.05) is 58.0 Å². The molecule has 170 valence electrons. The minimum absolute atomic E-state index is 0. The number of allylic oxidation sites excluding steroid dienone is 2. The highest BCUT2D eigenvalue weighted by Gasteiger charge is 2.66. The maximum Gasteiger partial charge on any atom is 0.0597 e. The van der Waals surface area contributed by atoms with Gasteiger partial charge in [-0.3, -0.25) is 0 Å². The van der Waals surface area contributed by atoms with E-state index in [0.717, 1.165) is 31.6 Å². The van der Waals surface area contributed by atoms with Crippen molar-refractivity contribution < 1.29 is 5.11 Å². The molecule has 0 radical (unpaired) electrons. The van der Waals surface area contributed by atoms with E-state index >= 15 is 0 Å². The highest BCUT2D eigenvalue weighted by Crippen LogP contribution is 2.70. The number of H-pyrrole nitrogens is 1. The van der Waals surface area contributed by atoms with Crippen LogP contribution >= 0.6 is 0 Å². The second-order valence-corrected chi connectivity index (χ2v) is 11.6. The number of aromatic nitrogens is 1. The first-order chi connectivity index (χ1) is 14.2. The molecule has 2 N–H and O–H groups in total. The zero-order valence-electron chi connectivity index (χ0n) is 19.5. The van der Waals surface area contributed by atoms with Gasteiger partial charge < -0.3 is 10.1 Å². The number of nitrogens with one attached hydrogen (secondary N) is 1. The van der Waals surface area contributed by atoms with Crippen LogP contribution in [0.4, 0.5) is 0 Å². The van der Waals surface area contributed by atoms with E-state index in [1.54, 1.807) is 5.56 Å². The monoisotopic (exact) mass is 421 g/mol. The van der Waals surface area contributed by atoms with Crippen LogP contribution in [0.25, 0.3) is 10.9 Å². The van der Waals surface area contributed by atoms with Gasteiger partial charge in [0.2, 0.25) is 0 Å². The zero-order chi connectivity index (χ0) is 21.3. The van der Waals surface area contributed by atoms with E-state index in [2.05, 4.69) is 69.9 Å². The Balaban J connectivity index is 0.00000231. The molecule has 2 fully saturated rings. The first-order valence-corrected chi connectivity index (χ1v) is 12.1. The third kappa shape index (κ3) is 2.93. The Kier molecular flexibility index (Phi) is 5.49. The number of rotatable bonds is 3. The molecule has 0 spiro atoms. The molecule has 2 nitrogen and oxygen atoms in total. The van der Waals surface area contributed by atoms with Crippen LogP contribution in [0.15, 0.2) is 35.9 Å². The van der Waals surface area contributed by atoms with Gasteiger partial charge in [0.05, 0.1) is 6.10 Å². The van der Waals surface area contributed by atoms with Crippen molar-refractivity contribution in [1.82, 2.24) is 4.98 Å². The number of aliphatic hydroxyl groups excluding tert-OH is 1. The van der Waals surface area contributed by atoms with Crippen LogP contribution in [0.1, 0.15) is 91.8 Å². The standard InChI is InChI=1S/C28H39NO.CH4/c1-18(2)9-8-15-26(3)23-13-12-19-17-21-20-10-6-7-11-22(20)29-25(21)28(19,5)27(23,4)16-14-24(26)30;/h6-7,9-11,19,23-24,29-30H,8,12-17H2,1-5H3;1H4/t19-,23-,24-,26-,27-,28+;/m0./s1. The fourth-order valence-corrected chi connectivity index (χ4v) is 8.20. The van der Waals surface area contributed by atoms with Crippen molar-refractivity contribution in [2.45, 2.75) is 98.5 Å². The van der Waals surface area contributed by atoms with Gasteiger partial charge in [0.1, 0.15) is 0 Å². The molecule has 0 aliphatic heterocycles. The Morgan fingerprint density at radius 3 is 2.61 bits per heavy atom. The maximum atomic E-state index is 11.3. The Bertz CT molecular complexity index is 997. The van der Waals surface area contributed by atoms with Gasteiger partial charge in [-0.15, -0.1) is 0 Å². The largest absolute Gasteiger partial charge is 0.393 e. The van der Waals surface area contributed by atoms with Crippen LogP contribution in [0, 0.1) is 22.7 Å². The first-order valence-electron chi connectivity index (χ1n) is 12.1. The number of hydrogen-bond acceptors (Lipinski definition) is 1. The third-order valence-corrected chi connectivity index (χ3v) is 10.1. The highest BCUT2D eigenvalue weighted by molar-refractivity contribution is 5.86. The molecule has 1 heterocycles. The Morgan fingerprint density at radius 1 is 1.13 bits per heavy atom. The van der Waals surface area contributed by atoms with Crippen LogP contribution in [-0.2, 0) is 11.8 Å². The minimum Gasteiger partial charge on any atom is -0.393 e. The molecule has 2 heteroatoms. The minimum atomic E-state index is -0.176. The summed E-state index contributed by atoms with van der Waals surface area (Å²) in [7, 11) is 0. The van der Waals surface area contributed by atoms with Crippen molar-refractivity contribution in [1.29, 1.82) is 0 Å². The lowest BCUT2D eigenvalue weighted by Gasteiger charge is -2.65. The molecular weight excluding hydrogens is 378 g/mol. The molecule has 3 aliphatic rings. The third-order valence-electron chi connectivity index (χ3n) is 10.1. The fourth-order valence-electron chi connectivity index (χ4n) is 8.20. The van der Waals surface area contributed by atoms with Crippen LogP contribution in [-0.4, -0.2) is 16.2 Å². The number of aliphatic hydroxyl groups is 1. The SMILES string of the molecule is C.CC(C)=CCC[C@]1(C)[C@@H](O)CC[C@@]2(C)[C@H]1CC[C@H]1Cc3c([nH]c4ccccc34)[C@@]12C. The normalized spacial score (nSPS) is 38.7. The van der Waals surface area contributed by atoms with Gasteiger partial charge >= 0.3 is 0 Å². The summed E-state index contributed by atoms with van der Waals surface area (Å²) < 4.78 is 0. The van der Waals surface area contributed by atoms with E-state index in [1.165, 1.54) is 41.4 Å². The molecule has 0 saturated heterocycles. The summed E-state index contributed by atoms with van der Waals surface area (Å²) in [6.07, 6.45) is 10.2. The van der Waals surface area contributed by atoms with E-state index in [4.69, 9.17) is 0 Å². The van der Waals surface area contributed by atoms with Crippen molar-refractivity contribution in [3.05, 3.63) is 47.2 Å². The molecule has 31 heavy (non-hydrogen) atoms. The van der Waals surface area contributed by atoms with Crippen molar-refractivity contribution in [2.75, 3.05) is 0 Å². The lowest BCUT2D eigenvalue weighted by molar-refractivity contribution is -0.166. The molecule has 1 aromatic carbocycles. The van der Waals surface area contributed by atoms with E-state index in [0.29, 0.717) is 5.92 Å². The molecule has 0 unspecified atom stereocenters. The van der Waals surface area contributed by atoms with Gasteiger partial charge in [0.25, 0.3) is 0 Å². The number of benzene rings is 1. The molecule has 0 amide bonds. The summed E-state index contributed by atoms with van der Waals surface area (Å²) in [5.41, 5.74) is 6.18. The van der Waals surface area contributed by atoms with Crippen LogP contribution in [0.5, 0.6) is 0 Å². The van der Waals surface area contributed by atoms with Gasteiger partial charge in [0, 0.05) is 22.0 Å². The summed E-state index contributed by atoms with van der Waals surface area (Å²) >= 11 is 0. The Morgan fingerprint density at radius 2 is 1.87 bits per heavy atom. The van der Waals surface area contributed by atoms with Crippen molar-refractivity contribution in [3.8, 4) is 0 Å². The molecule has 5 rings (SSSR count). The molecule has 3 aliphatic carbocycles. The smallest absolute Gasteiger partial charge is 0.0597 e. The van der Waals surface area contributed by atoms with Crippen molar-refractivity contribution >= 4 is 10.9 Å². The van der Waals surface area contributed by atoms with Crippen molar-refractivity contribution in [2.24, 2.45) is 22.7 Å². The van der Waals surface area contributed by atoms with Gasteiger partial charge in [-0.2, -0.15) is 0 Å². The summed E-state index contributed by atoms with van der Waals surface area (Å²) in [6.45, 7) is 11.9. The predicted molar refractivity (Wildman–Crippen MR) is 132 cm³/mol. The lowest BCUT2D eigenvalue weighted by atomic mass is 9.40. The second kappa shape index (κ2) is 7.51. The molecule has 0 bridgehead atoms. The Labute approximate surface area is 189 Å². The topological polar surface area (TPSA) is 36.0 Å². The molecule has 6 atom stereocenters. The highest BCUT2D eigenvalue weighted by atomic mass is 16.3. The summed E-state index contributed by atoms with van der Waals surface area (Å²) in [5, 5.41) is 12.7. The summed E-state index contributed by atoms with van der Waals surface area (Å²) in [4.78, 5) is 3.90. The molecular formula is C29H43NO. The number of fused-ring (bicyclic) bond motifs is 7. The number of para-hydroxylation sites is 1. The maximum absolute atomic E-state index is 11.3. The van der Waals surface area contributed by atoms with Crippen LogP contribution in [0.3, 0.4) is 0 Å². The molecule has 1 aromatic heterocycles. The van der Waals surface area contributed by atoms with E-state index in [1.807, 2.05) is 0 Å². The lowest BCUT2D eigenvalue weighted by Crippen LogP contribution is -2.62. The second-order valence-electron chi connectivity index (χ2n) is 11.6. The van der Waals surface area contributed by atoms with Crippen molar-refractivity contribution in [3.63, 3.8) is 0 Å². The van der Waals surface area contributed by atoms with E-state index in [9.17, 15) is 5.11 Å². The molecule has 2 saturated carbocycles. The first kappa shape index (κ1) is 22.6. The predicted octanol–water partition coefficient (Wildman–Crippen LogP) is 7.56. The average molecular weight is 422 g/mol. The van der Waals surface area contributed by atoms with E-state index in [-0.39, 0.29) is 29.8 Å². The number of hydrogen-bond donors (Lipinski definition) is 2. The van der Waals surface area contributed by atoms with Crippen LogP contribution in [0.2, 0.25) is 0 Å². The van der Waals surface area contributed by atoms with Gasteiger partial charge in [0.15, 0.2) is 0 Å². The zero-order valence-corrected chi connectivity index (χ0v) is 19.5. The average Bonchev–Trinajstić information content (AvgIpc) is 3.21. The summed E-state index contributed by atoms with van der Waals surface area (Å²) in [6, 6.07) is 8.88. The quantitative estimate of drug-likeness (QED) is 0.493. The Hall–Kier alpha value is -1.54. The van der Waals surface area contributed by atoms with Gasteiger partial charge in [-0.05, 0) is 93.1 Å². The number of aromatic amines is 1. The van der Waals surface area contributed by atoms with Crippen LogP contribution < -0.4 is 0 Å². The molecule has 2 aromatic rings.